The van der Waals surface area contributed by atoms with Crippen LogP contribution in [0.1, 0.15) is 57.8 Å². The van der Waals surface area contributed by atoms with Crippen LogP contribution in [0.3, 0.4) is 0 Å². The van der Waals surface area contributed by atoms with Crippen molar-refractivity contribution in [1.29, 1.82) is 0 Å². The van der Waals surface area contributed by atoms with E-state index in [0.29, 0.717) is 25.7 Å². The van der Waals surface area contributed by atoms with Crippen molar-refractivity contribution in [3.05, 3.63) is 12.7 Å². The molecule has 2 amide bonds. The Labute approximate surface area is 151 Å². The molecule has 26 heavy (non-hydrogen) atoms. The Hall–Kier alpha value is -1.71. The normalized spacial score (nSPS) is 19.7. The number of halogens is 2. The molecule has 0 heterocycles. The summed E-state index contributed by atoms with van der Waals surface area (Å²) in [5.74, 6) is -1.18. The van der Waals surface area contributed by atoms with Crippen LogP contribution in [0.15, 0.2) is 12.7 Å². The van der Waals surface area contributed by atoms with Gasteiger partial charge in [-0.25, -0.2) is 18.1 Å². The van der Waals surface area contributed by atoms with E-state index < -0.39 is 38.9 Å². The average Bonchev–Trinajstić information content (AvgIpc) is 3.41. The van der Waals surface area contributed by atoms with Gasteiger partial charge in [-0.1, -0.05) is 18.9 Å². The molecule has 0 atom stereocenters. The summed E-state index contributed by atoms with van der Waals surface area (Å²) in [6, 6.07) is 0. The van der Waals surface area contributed by atoms with Crippen LogP contribution >= 0.6 is 0 Å². The topological polar surface area (TPSA) is 104 Å². The quantitative estimate of drug-likeness (QED) is 0.319. The lowest BCUT2D eigenvalue weighted by Gasteiger charge is -2.28. The summed E-state index contributed by atoms with van der Waals surface area (Å²) in [5, 5.41) is 8.94. The van der Waals surface area contributed by atoms with Gasteiger partial charge in [-0.15, -0.1) is 6.58 Å². The van der Waals surface area contributed by atoms with Gasteiger partial charge in [-0.05, 0) is 44.9 Å². The molecule has 0 aromatic rings. The highest BCUT2D eigenvalue weighted by atomic mass is 32.2. The molecule has 10 heteroatoms. The van der Waals surface area contributed by atoms with Crippen LogP contribution in [0, 0.1) is 0 Å². The predicted molar refractivity (Wildman–Crippen MR) is 90.1 cm³/mol. The molecule has 2 fully saturated rings. The third kappa shape index (κ3) is 3.99. The van der Waals surface area contributed by atoms with E-state index in [9.17, 15) is 26.8 Å². The molecule has 2 aliphatic rings. The molecule has 148 valence electrons. The number of carbonyl (C=O) groups excluding carboxylic acids is 1. The first-order valence-corrected chi connectivity index (χ1v) is 10.1. The lowest BCUT2D eigenvalue weighted by molar-refractivity contribution is -0.132. The van der Waals surface area contributed by atoms with Gasteiger partial charge in [0, 0.05) is 0 Å². The number of amides is 2. The van der Waals surface area contributed by atoms with Crippen molar-refractivity contribution in [3.8, 4) is 0 Å². The molecule has 2 aliphatic carbocycles. The molecule has 0 radical (unpaired) electrons. The molecule has 0 saturated heterocycles. The number of hydrogen-bond donors (Lipinski definition) is 2. The molecule has 0 spiro atoms. The second kappa shape index (κ2) is 7.50. The van der Waals surface area contributed by atoms with Crippen molar-refractivity contribution >= 4 is 22.0 Å². The first kappa shape index (κ1) is 20.6. The molecular formula is C16H24F2N2O5S. The number of nitrogens with one attached hydrogen (secondary N) is 1. The molecular weight excluding hydrogens is 370 g/mol. The standard InChI is InChI=1S/C16H24F2N2O5S/c1-2-3-4-5-6-7-15(8-9-15)26(24,25)19-12(21)16(10-11-16)20(13(17)18)14(22)23/h2,13H,1,3-11H2,(H,19,21)(H,22,23). The largest absolute Gasteiger partial charge is 0.465 e. The predicted octanol–water partition coefficient (Wildman–Crippen LogP) is 2.84. The van der Waals surface area contributed by atoms with Gasteiger partial charge >= 0.3 is 12.6 Å². The number of carboxylic acid groups (broad SMARTS) is 1. The first-order chi connectivity index (χ1) is 12.1. The van der Waals surface area contributed by atoms with E-state index in [1.165, 1.54) is 0 Å². The SMILES string of the molecule is C=CCCCCCC1(S(=O)(=O)NC(=O)C2(N(C(=O)O)C(F)F)CC2)CC1. The molecule has 0 unspecified atom stereocenters. The maximum absolute atomic E-state index is 13.0. The van der Waals surface area contributed by atoms with Crippen LogP contribution in [0.2, 0.25) is 0 Å². The third-order valence-electron chi connectivity index (χ3n) is 5.15. The molecule has 0 aromatic heterocycles. The average molecular weight is 394 g/mol. The highest BCUT2D eigenvalue weighted by molar-refractivity contribution is 7.91. The molecule has 0 aromatic carbocycles. The second-order valence-electron chi connectivity index (χ2n) is 6.97. The van der Waals surface area contributed by atoms with E-state index in [4.69, 9.17) is 5.11 Å². The Balaban J connectivity index is 2.01. The van der Waals surface area contributed by atoms with E-state index in [1.807, 2.05) is 4.72 Å². The zero-order chi connectivity index (χ0) is 19.6. The van der Waals surface area contributed by atoms with Crippen molar-refractivity contribution in [3.63, 3.8) is 0 Å². The van der Waals surface area contributed by atoms with Gasteiger partial charge in [-0.3, -0.25) is 9.52 Å². The number of sulfonamides is 1. The Morgan fingerprint density at radius 2 is 1.81 bits per heavy atom. The minimum atomic E-state index is -4.05. The van der Waals surface area contributed by atoms with Gasteiger partial charge in [0.2, 0.25) is 10.0 Å². The molecule has 0 aliphatic heterocycles. The lowest BCUT2D eigenvalue weighted by Crippen LogP contribution is -2.55. The Bertz CT molecular complexity index is 672. The van der Waals surface area contributed by atoms with Gasteiger partial charge in [-0.2, -0.15) is 8.78 Å². The Morgan fingerprint density at radius 1 is 1.19 bits per heavy atom. The molecule has 2 N–H and O–H groups in total. The van der Waals surface area contributed by atoms with E-state index in [2.05, 4.69) is 6.58 Å². The summed E-state index contributed by atoms with van der Waals surface area (Å²) in [4.78, 5) is 23.1. The monoisotopic (exact) mass is 394 g/mol. The maximum Gasteiger partial charge on any atom is 0.412 e. The van der Waals surface area contributed by atoms with Crippen molar-refractivity contribution in [2.75, 3.05) is 0 Å². The molecule has 7 nitrogen and oxygen atoms in total. The zero-order valence-corrected chi connectivity index (χ0v) is 15.2. The molecule has 2 rings (SSSR count). The highest BCUT2D eigenvalue weighted by Crippen LogP contribution is 2.49. The lowest BCUT2D eigenvalue weighted by atomic mass is 10.1. The van der Waals surface area contributed by atoms with Crippen LogP contribution in [0.25, 0.3) is 0 Å². The van der Waals surface area contributed by atoms with Gasteiger partial charge in [0.25, 0.3) is 5.91 Å². The van der Waals surface area contributed by atoms with E-state index in [1.54, 1.807) is 6.08 Å². The van der Waals surface area contributed by atoms with Gasteiger partial charge in [0.15, 0.2) is 0 Å². The summed E-state index contributed by atoms with van der Waals surface area (Å²) in [6.45, 7) is 0.217. The number of allylic oxidation sites excluding steroid dienone is 1. The minimum Gasteiger partial charge on any atom is -0.465 e. The smallest absolute Gasteiger partial charge is 0.412 e. The van der Waals surface area contributed by atoms with Crippen LogP contribution in [-0.2, 0) is 14.8 Å². The fourth-order valence-corrected chi connectivity index (χ4v) is 4.88. The summed E-state index contributed by atoms with van der Waals surface area (Å²) < 4.78 is 52.0. The fraction of sp³-hybridized carbons (Fsp3) is 0.750. The molecule has 2 saturated carbocycles. The Morgan fingerprint density at radius 3 is 2.23 bits per heavy atom. The van der Waals surface area contributed by atoms with Crippen LogP contribution in [-0.4, -0.2) is 47.3 Å². The summed E-state index contributed by atoms with van der Waals surface area (Å²) >= 11 is 0. The van der Waals surface area contributed by atoms with Crippen molar-refractivity contribution in [1.82, 2.24) is 9.62 Å². The molecule has 0 bridgehead atoms. The summed E-state index contributed by atoms with van der Waals surface area (Å²) in [7, 11) is -4.05. The fourth-order valence-electron chi connectivity index (χ4n) is 3.18. The first-order valence-electron chi connectivity index (χ1n) is 8.60. The number of carbonyl (C=O) groups is 2. The number of nitrogens with zero attached hydrogens (tertiary/aromatic N) is 1. The third-order valence-corrected chi connectivity index (χ3v) is 7.36. The number of alkyl halides is 2. The van der Waals surface area contributed by atoms with Crippen LogP contribution in [0.5, 0.6) is 0 Å². The summed E-state index contributed by atoms with van der Waals surface area (Å²) in [5.41, 5.74) is -1.99. The van der Waals surface area contributed by atoms with Crippen molar-refractivity contribution in [2.45, 2.75) is 74.6 Å². The van der Waals surface area contributed by atoms with Crippen molar-refractivity contribution < 1.29 is 31.9 Å². The van der Waals surface area contributed by atoms with E-state index in [-0.39, 0.29) is 17.7 Å². The van der Waals surface area contributed by atoms with E-state index >= 15 is 0 Å². The Kier molecular flexibility index (Phi) is 5.94. The van der Waals surface area contributed by atoms with Crippen molar-refractivity contribution in [2.24, 2.45) is 0 Å². The second-order valence-corrected chi connectivity index (χ2v) is 9.04. The minimum absolute atomic E-state index is 0.125. The maximum atomic E-state index is 13.0. The van der Waals surface area contributed by atoms with Gasteiger partial charge in [0.05, 0.1) is 4.75 Å². The summed E-state index contributed by atoms with van der Waals surface area (Å²) in [6.07, 6.45) is 4.03. The van der Waals surface area contributed by atoms with Gasteiger partial charge < -0.3 is 5.11 Å². The highest BCUT2D eigenvalue weighted by Gasteiger charge is 2.62. The zero-order valence-electron chi connectivity index (χ0n) is 14.4. The van der Waals surface area contributed by atoms with Gasteiger partial charge in [0.1, 0.15) is 5.54 Å². The number of unbranched alkanes of at least 4 members (excludes halogenated alkanes) is 3. The van der Waals surface area contributed by atoms with Crippen LogP contribution < -0.4 is 4.72 Å². The van der Waals surface area contributed by atoms with E-state index in [0.717, 1.165) is 19.3 Å². The number of rotatable bonds is 11. The number of hydrogen-bond acceptors (Lipinski definition) is 4. The van der Waals surface area contributed by atoms with Crippen LogP contribution in [0.4, 0.5) is 13.6 Å².